The summed E-state index contributed by atoms with van der Waals surface area (Å²) in [5.41, 5.74) is 5.78. The fraction of sp³-hybridized carbons (Fsp3) is 0.900. The predicted molar refractivity (Wildman–Crippen MR) is 54.6 cm³/mol. The van der Waals surface area contributed by atoms with Crippen LogP contribution in [0.5, 0.6) is 0 Å². The number of carbonyl (C=O) groups is 1. The number of aliphatic hydroxyl groups is 1. The van der Waals surface area contributed by atoms with E-state index in [1.165, 1.54) is 0 Å². The minimum atomic E-state index is -0.429. The zero-order valence-electron chi connectivity index (χ0n) is 8.94. The van der Waals surface area contributed by atoms with Crippen molar-refractivity contribution in [2.75, 3.05) is 13.2 Å². The molecule has 1 fully saturated rings. The molecular formula is C10H20N2O2. The largest absolute Gasteiger partial charge is 0.395 e. The minimum Gasteiger partial charge on any atom is -0.395 e. The molecule has 1 aliphatic rings. The molecule has 0 bridgehead atoms. The molecule has 82 valence electrons. The van der Waals surface area contributed by atoms with Crippen LogP contribution in [0.15, 0.2) is 0 Å². The van der Waals surface area contributed by atoms with Gasteiger partial charge in [0, 0.05) is 12.6 Å². The van der Waals surface area contributed by atoms with Crippen molar-refractivity contribution >= 4 is 5.91 Å². The highest BCUT2D eigenvalue weighted by molar-refractivity contribution is 5.82. The Morgan fingerprint density at radius 3 is 2.50 bits per heavy atom. The van der Waals surface area contributed by atoms with Gasteiger partial charge in [-0.15, -0.1) is 0 Å². The maximum absolute atomic E-state index is 11.8. The monoisotopic (exact) mass is 200 g/mol. The molecule has 1 aliphatic carbocycles. The number of hydrogen-bond donors (Lipinski definition) is 2. The predicted octanol–water partition coefficient (Wildman–Crippen LogP) is -0.0470. The van der Waals surface area contributed by atoms with Gasteiger partial charge >= 0.3 is 0 Å². The lowest BCUT2D eigenvalue weighted by molar-refractivity contribution is -0.134. The van der Waals surface area contributed by atoms with Gasteiger partial charge in [0.05, 0.1) is 12.6 Å². The number of nitrogens with two attached hydrogens (primary N) is 1. The van der Waals surface area contributed by atoms with Crippen LogP contribution in [0, 0.1) is 5.92 Å². The van der Waals surface area contributed by atoms with Crippen molar-refractivity contribution in [3.05, 3.63) is 0 Å². The highest BCUT2D eigenvalue weighted by atomic mass is 16.3. The first-order valence-electron chi connectivity index (χ1n) is 5.24. The SMILES string of the molecule is CC(C)[C@H](N)C(=O)N(CCO)C1CC1. The van der Waals surface area contributed by atoms with E-state index in [1.54, 1.807) is 4.90 Å². The van der Waals surface area contributed by atoms with Crippen molar-refractivity contribution in [3.8, 4) is 0 Å². The second-order valence-electron chi connectivity index (χ2n) is 4.26. The van der Waals surface area contributed by atoms with Gasteiger partial charge < -0.3 is 15.7 Å². The summed E-state index contributed by atoms with van der Waals surface area (Å²) < 4.78 is 0. The van der Waals surface area contributed by atoms with Crippen LogP contribution < -0.4 is 5.73 Å². The van der Waals surface area contributed by atoms with Crippen molar-refractivity contribution in [1.82, 2.24) is 4.90 Å². The van der Waals surface area contributed by atoms with Crippen molar-refractivity contribution in [1.29, 1.82) is 0 Å². The van der Waals surface area contributed by atoms with Gasteiger partial charge in [-0.1, -0.05) is 13.8 Å². The van der Waals surface area contributed by atoms with Crippen LogP contribution >= 0.6 is 0 Å². The minimum absolute atomic E-state index is 0.0171. The number of rotatable bonds is 5. The number of carbonyl (C=O) groups excluding carboxylic acids is 1. The lowest BCUT2D eigenvalue weighted by Gasteiger charge is -2.26. The van der Waals surface area contributed by atoms with E-state index in [0.29, 0.717) is 12.6 Å². The molecule has 1 saturated carbocycles. The fourth-order valence-electron chi connectivity index (χ4n) is 1.44. The third-order valence-corrected chi connectivity index (χ3v) is 2.62. The van der Waals surface area contributed by atoms with E-state index in [-0.39, 0.29) is 18.4 Å². The third-order valence-electron chi connectivity index (χ3n) is 2.62. The van der Waals surface area contributed by atoms with Gasteiger partial charge in [0.25, 0.3) is 0 Å². The van der Waals surface area contributed by atoms with E-state index < -0.39 is 6.04 Å². The summed E-state index contributed by atoms with van der Waals surface area (Å²) in [5.74, 6) is 0.138. The molecule has 0 radical (unpaired) electrons. The second-order valence-corrected chi connectivity index (χ2v) is 4.26. The topological polar surface area (TPSA) is 66.6 Å². The van der Waals surface area contributed by atoms with Crippen LogP contribution in [0.25, 0.3) is 0 Å². The maximum Gasteiger partial charge on any atom is 0.240 e. The van der Waals surface area contributed by atoms with Crippen molar-refractivity contribution in [2.45, 2.75) is 38.8 Å². The van der Waals surface area contributed by atoms with Crippen LogP contribution in [-0.4, -0.2) is 41.1 Å². The summed E-state index contributed by atoms with van der Waals surface area (Å²) in [5, 5.41) is 8.85. The molecule has 14 heavy (non-hydrogen) atoms. The number of nitrogens with zero attached hydrogens (tertiary/aromatic N) is 1. The van der Waals surface area contributed by atoms with Gasteiger partial charge in [0.15, 0.2) is 0 Å². The Kier molecular flexibility index (Phi) is 3.89. The van der Waals surface area contributed by atoms with Gasteiger partial charge in [-0.25, -0.2) is 0 Å². The average molecular weight is 200 g/mol. The molecule has 4 heteroatoms. The van der Waals surface area contributed by atoms with Crippen LogP contribution in [0.1, 0.15) is 26.7 Å². The molecular weight excluding hydrogens is 180 g/mol. The van der Waals surface area contributed by atoms with E-state index in [4.69, 9.17) is 10.8 Å². The summed E-state index contributed by atoms with van der Waals surface area (Å²) >= 11 is 0. The Balaban J connectivity index is 2.53. The van der Waals surface area contributed by atoms with Gasteiger partial charge in [0.2, 0.25) is 5.91 Å². The summed E-state index contributed by atoms with van der Waals surface area (Å²) in [4.78, 5) is 13.6. The Morgan fingerprint density at radius 1 is 1.57 bits per heavy atom. The second kappa shape index (κ2) is 4.75. The van der Waals surface area contributed by atoms with Crippen molar-refractivity contribution < 1.29 is 9.90 Å². The average Bonchev–Trinajstić information content (AvgIpc) is 2.95. The van der Waals surface area contributed by atoms with E-state index in [2.05, 4.69) is 0 Å². The first kappa shape index (κ1) is 11.5. The highest BCUT2D eigenvalue weighted by Crippen LogP contribution is 2.27. The van der Waals surface area contributed by atoms with Crippen LogP contribution in [0.3, 0.4) is 0 Å². The van der Waals surface area contributed by atoms with Gasteiger partial charge in [-0.3, -0.25) is 4.79 Å². The fourth-order valence-corrected chi connectivity index (χ4v) is 1.44. The number of aliphatic hydroxyl groups excluding tert-OH is 1. The Labute approximate surface area is 85.1 Å². The maximum atomic E-state index is 11.8. The molecule has 1 rings (SSSR count). The lowest BCUT2D eigenvalue weighted by atomic mass is 10.0. The zero-order valence-corrected chi connectivity index (χ0v) is 8.94. The van der Waals surface area contributed by atoms with Crippen molar-refractivity contribution in [3.63, 3.8) is 0 Å². The lowest BCUT2D eigenvalue weighted by Crippen LogP contribution is -2.48. The Hall–Kier alpha value is -0.610. The highest BCUT2D eigenvalue weighted by Gasteiger charge is 2.34. The van der Waals surface area contributed by atoms with E-state index >= 15 is 0 Å². The molecule has 1 atom stereocenters. The summed E-state index contributed by atoms with van der Waals surface area (Å²) in [6.07, 6.45) is 2.10. The molecule has 0 aliphatic heterocycles. The summed E-state index contributed by atoms with van der Waals surface area (Å²) in [6.45, 7) is 4.32. The molecule has 1 amide bonds. The van der Waals surface area contributed by atoms with Crippen LogP contribution in [-0.2, 0) is 4.79 Å². The Bertz CT molecular complexity index is 202. The van der Waals surface area contributed by atoms with Gasteiger partial charge in [0.1, 0.15) is 0 Å². The Morgan fingerprint density at radius 2 is 2.14 bits per heavy atom. The van der Waals surface area contributed by atoms with E-state index in [1.807, 2.05) is 13.8 Å². The standard InChI is InChI=1S/C10H20N2O2/c1-7(2)9(11)10(14)12(5-6-13)8-3-4-8/h7-9,13H,3-6,11H2,1-2H3/t9-/m0/s1. The molecule has 0 aromatic rings. The summed E-state index contributed by atoms with van der Waals surface area (Å²) in [6, 6.07) is -0.0957. The first-order valence-corrected chi connectivity index (χ1v) is 5.24. The van der Waals surface area contributed by atoms with E-state index in [9.17, 15) is 4.79 Å². The van der Waals surface area contributed by atoms with Gasteiger partial charge in [-0.2, -0.15) is 0 Å². The summed E-state index contributed by atoms with van der Waals surface area (Å²) in [7, 11) is 0. The molecule has 3 N–H and O–H groups in total. The smallest absolute Gasteiger partial charge is 0.240 e. The zero-order chi connectivity index (χ0) is 10.7. The molecule has 0 aromatic carbocycles. The molecule has 0 heterocycles. The third kappa shape index (κ3) is 2.69. The quantitative estimate of drug-likeness (QED) is 0.654. The molecule has 4 nitrogen and oxygen atoms in total. The molecule has 0 unspecified atom stereocenters. The van der Waals surface area contributed by atoms with Crippen LogP contribution in [0.2, 0.25) is 0 Å². The normalized spacial score (nSPS) is 18.4. The molecule has 0 aromatic heterocycles. The number of amides is 1. The van der Waals surface area contributed by atoms with Gasteiger partial charge in [-0.05, 0) is 18.8 Å². The molecule has 0 spiro atoms. The van der Waals surface area contributed by atoms with E-state index in [0.717, 1.165) is 12.8 Å². The van der Waals surface area contributed by atoms with Crippen molar-refractivity contribution in [2.24, 2.45) is 11.7 Å². The molecule has 0 saturated heterocycles. The number of hydrogen-bond acceptors (Lipinski definition) is 3. The first-order chi connectivity index (χ1) is 6.57. The van der Waals surface area contributed by atoms with Crippen LogP contribution in [0.4, 0.5) is 0 Å².